The predicted octanol–water partition coefficient (Wildman–Crippen LogP) is 3.51. The number of benzene rings is 1. The number of aliphatic carboxylic acids is 1. The minimum absolute atomic E-state index is 0.0815. The van der Waals surface area contributed by atoms with Gasteiger partial charge in [-0.1, -0.05) is 30.1 Å². The zero-order valence-corrected chi connectivity index (χ0v) is 14.8. The Kier molecular flexibility index (Phi) is 5.18. The topological polar surface area (TPSA) is 69.8 Å². The Balaban J connectivity index is 1.70. The van der Waals surface area contributed by atoms with Crippen LogP contribution in [0.5, 0.6) is 0 Å². The van der Waals surface area contributed by atoms with E-state index in [1.54, 1.807) is 12.1 Å². The van der Waals surface area contributed by atoms with Crippen molar-refractivity contribution in [2.24, 2.45) is 0 Å². The van der Waals surface area contributed by atoms with Crippen LogP contribution >= 0.6 is 23.2 Å². The Bertz CT molecular complexity index is 741. The van der Waals surface area contributed by atoms with Crippen LogP contribution in [0.3, 0.4) is 0 Å². The number of halogens is 2. The molecule has 24 heavy (non-hydrogen) atoms. The maximum Gasteiger partial charge on any atom is 0.317 e. The first-order valence-electron chi connectivity index (χ1n) is 7.94. The molecule has 0 spiro atoms. The molecule has 2 heterocycles. The van der Waals surface area contributed by atoms with E-state index in [4.69, 9.17) is 32.7 Å². The van der Waals surface area contributed by atoms with Crippen molar-refractivity contribution < 1.29 is 14.3 Å². The molecule has 0 unspecified atom stereocenters. The van der Waals surface area contributed by atoms with E-state index in [2.05, 4.69) is 9.88 Å². The van der Waals surface area contributed by atoms with Crippen molar-refractivity contribution in [3.8, 4) is 0 Å². The quantitative estimate of drug-likeness (QED) is 0.866. The number of piperidine rings is 1. The molecule has 0 atom stereocenters. The summed E-state index contributed by atoms with van der Waals surface area (Å²) in [5, 5.41) is 9.98. The van der Waals surface area contributed by atoms with E-state index in [0.29, 0.717) is 27.2 Å². The fourth-order valence-electron chi connectivity index (χ4n) is 3.18. The van der Waals surface area contributed by atoms with Crippen molar-refractivity contribution in [1.29, 1.82) is 0 Å². The highest BCUT2D eigenvalue weighted by molar-refractivity contribution is 6.38. The summed E-state index contributed by atoms with van der Waals surface area (Å²) in [4.78, 5) is 19.5. The summed E-state index contributed by atoms with van der Waals surface area (Å²) >= 11 is 12.1. The van der Waals surface area contributed by atoms with Gasteiger partial charge in [-0.25, -0.2) is 0 Å². The number of nitrogens with zero attached hydrogens (tertiary/aromatic N) is 3. The first-order chi connectivity index (χ1) is 11.5. The molecule has 6 nitrogen and oxygen atoms in total. The van der Waals surface area contributed by atoms with Gasteiger partial charge in [0.2, 0.25) is 0 Å². The number of fused-ring (bicyclic) bond motifs is 1. The molecule has 2 aromatic rings. The van der Waals surface area contributed by atoms with Gasteiger partial charge in [0.25, 0.3) is 6.01 Å². The molecule has 8 heteroatoms. The molecule has 130 valence electrons. The number of carbonyl (C=O) groups is 1. The molecule has 1 fully saturated rings. The number of hydrogen-bond donors (Lipinski definition) is 1. The molecular weight excluding hydrogens is 353 g/mol. The molecule has 0 saturated carbocycles. The van der Waals surface area contributed by atoms with Gasteiger partial charge in [-0.2, -0.15) is 4.98 Å². The second-order valence-electron chi connectivity index (χ2n) is 5.91. The fraction of sp³-hybridized carbons (Fsp3) is 0.500. The SMILES string of the molecule is CCN(CC(=O)O)C1CCN(c2nc3cc(Cl)cc(Cl)c3o2)CC1. The lowest BCUT2D eigenvalue weighted by molar-refractivity contribution is -0.139. The lowest BCUT2D eigenvalue weighted by Gasteiger charge is -2.36. The Morgan fingerprint density at radius 2 is 2.12 bits per heavy atom. The Morgan fingerprint density at radius 3 is 2.75 bits per heavy atom. The number of anilines is 1. The molecule has 1 aliphatic heterocycles. The standard InChI is InChI=1S/C16H19Cl2N3O3/c1-2-20(9-14(22)23)11-3-5-21(6-4-11)16-19-13-8-10(17)7-12(18)15(13)24-16/h7-8,11H,2-6,9H2,1H3,(H,22,23). The van der Waals surface area contributed by atoms with E-state index < -0.39 is 5.97 Å². The molecule has 1 aromatic heterocycles. The monoisotopic (exact) mass is 371 g/mol. The molecule has 0 bridgehead atoms. The summed E-state index contributed by atoms with van der Waals surface area (Å²) in [7, 11) is 0. The van der Waals surface area contributed by atoms with Crippen LogP contribution < -0.4 is 4.90 Å². The van der Waals surface area contributed by atoms with Crippen LogP contribution in [-0.2, 0) is 4.79 Å². The van der Waals surface area contributed by atoms with Crippen LogP contribution in [-0.4, -0.2) is 53.2 Å². The van der Waals surface area contributed by atoms with Crippen molar-refractivity contribution in [1.82, 2.24) is 9.88 Å². The molecule has 3 rings (SSSR count). The minimum Gasteiger partial charge on any atom is -0.480 e. The molecule has 0 aliphatic carbocycles. The van der Waals surface area contributed by atoms with E-state index in [0.717, 1.165) is 32.5 Å². The van der Waals surface area contributed by atoms with Gasteiger partial charge in [-0.15, -0.1) is 0 Å². The van der Waals surface area contributed by atoms with Crippen molar-refractivity contribution in [3.63, 3.8) is 0 Å². The van der Waals surface area contributed by atoms with Gasteiger partial charge in [0, 0.05) is 24.2 Å². The van der Waals surface area contributed by atoms with Crippen molar-refractivity contribution >= 4 is 46.3 Å². The maximum atomic E-state index is 11.0. The Morgan fingerprint density at radius 1 is 1.42 bits per heavy atom. The summed E-state index contributed by atoms with van der Waals surface area (Å²) in [6, 6.07) is 4.17. The summed E-state index contributed by atoms with van der Waals surface area (Å²) in [5.41, 5.74) is 1.19. The van der Waals surface area contributed by atoms with Crippen molar-refractivity contribution in [2.75, 3.05) is 31.1 Å². The second-order valence-corrected chi connectivity index (χ2v) is 6.75. The van der Waals surface area contributed by atoms with Gasteiger partial charge in [-0.05, 0) is 31.5 Å². The maximum absolute atomic E-state index is 11.0. The summed E-state index contributed by atoms with van der Waals surface area (Å²) < 4.78 is 5.80. The fourth-order valence-corrected chi connectivity index (χ4v) is 3.70. The Hall–Kier alpha value is -1.50. The van der Waals surface area contributed by atoms with Gasteiger partial charge in [0.15, 0.2) is 5.58 Å². The lowest BCUT2D eigenvalue weighted by atomic mass is 10.0. The third-order valence-corrected chi connectivity index (χ3v) is 4.89. The molecule has 1 N–H and O–H groups in total. The van der Waals surface area contributed by atoms with Gasteiger partial charge < -0.3 is 14.4 Å². The van der Waals surface area contributed by atoms with Crippen molar-refractivity contribution in [2.45, 2.75) is 25.8 Å². The van der Waals surface area contributed by atoms with E-state index in [1.165, 1.54) is 0 Å². The van der Waals surface area contributed by atoms with Crippen LogP contribution in [0.25, 0.3) is 11.1 Å². The minimum atomic E-state index is -0.787. The highest BCUT2D eigenvalue weighted by Gasteiger charge is 2.27. The van der Waals surface area contributed by atoms with E-state index in [1.807, 2.05) is 11.8 Å². The number of oxazole rings is 1. The molecular formula is C16H19Cl2N3O3. The molecule has 1 aromatic carbocycles. The molecule has 0 amide bonds. The van der Waals surface area contributed by atoms with Gasteiger partial charge >= 0.3 is 5.97 Å². The van der Waals surface area contributed by atoms with Gasteiger partial charge in [-0.3, -0.25) is 9.69 Å². The first kappa shape index (κ1) is 17.3. The molecule has 1 saturated heterocycles. The normalized spacial score (nSPS) is 16.2. The number of aromatic nitrogens is 1. The zero-order valence-electron chi connectivity index (χ0n) is 13.3. The first-order valence-corrected chi connectivity index (χ1v) is 8.70. The van der Waals surface area contributed by atoms with Gasteiger partial charge in [0.05, 0.1) is 11.6 Å². The smallest absolute Gasteiger partial charge is 0.317 e. The van der Waals surface area contributed by atoms with Crippen LogP contribution in [0.15, 0.2) is 16.5 Å². The summed E-state index contributed by atoms with van der Waals surface area (Å²) in [6.07, 6.45) is 1.74. The summed E-state index contributed by atoms with van der Waals surface area (Å²) in [6.45, 7) is 4.33. The number of hydrogen-bond acceptors (Lipinski definition) is 5. The third kappa shape index (κ3) is 3.61. The average molecular weight is 372 g/mol. The lowest BCUT2D eigenvalue weighted by Crippen LogP contribution is -2.46. The number of rotatable bonds is 5. The van der Waals surface area contributed by atoms with Crippen LogP contribution in [0.1, 0.15) is 19.8 Å². The highest BCUT2D eigenvalue weighted by Crippen LogP contribution is 2.32. The van der Waals surface area contributed by atoms with Crippen LogP contribution in [0, 0.1) is 0 Å². The van der Waals surface area contributed by atoms with E-state index in [-0.39, 0.29) is 12.6 Å². The predicted molar refractivity (Wildman–Crippen MR) is 94.1 cm³/mol. The number of likely N-dealkylation sites (N-methyl/N-ethyl adjacent to an activating group) is 1. The van der Waals surface area contributed by atoms with E-state index >= 15 is 0 Å². The largest absolute Gasteiger partial charge is 0.480 e. The summed E-state index contributed by atoms with van der Waals surface area (Å²) in [5.74, 6) is -0.787. The zero-order chi connectivity index (χ0) is 17.3. The number of carboxylic acids is 1. The van der Waals surface area contributed by atoms with Gasteiger partial charge in [0.1, 0.15) is 5.52 Å². The molecule has 1 aliphatic rings. The third-order valence-electron chi connectivity index (χ3n) is 4.39. The number of carboxylic acid groups (broad SMARTS) is 1. The van der Waals surface area contributed by atoms with Crippen LogP contribution in [0.2, 0.25) is 10.0 Å². The average Bonchev–Trinajstić information content (AvgIpc) is 2.97. The van der Waals surface area contributed by atoms with Crippen molar-refractivity contribution in [3.05, 3.63) is 22.2 Å². The second kappa shape index (κ2) is 7.17. The highest BCUT2D eigenvalue weighted by atomic mass is 35.5. The van der Waals surface area contributed by atoms with E-state index in [9.17, 15) is 4.79 Å². The molecule has 0 radical (unpaired) electrons. The Labute approximate surface area is 149 Å². The van der Waals surface area contributed by atoms with Crippen LogP contribution in [0.4, 0.5) is 6.01 Å².